The van der Waals surface area contributed by atoms with Gasteiger partial charge < -0.3 is 10.2 Å². The number of nitrogens with one attached hydrogen (secondary N) is 1. The molecule has 1 heterocycles. The second-order valence-corrected chi connectivity index (χ2v) is 4.28. The van der Waals surface area contributed by atoms with Crippen molar-refractivity contribution in [2.75, 3.05) is 20.6 Å². The van der Waals surface area contributed by atoms with Crippen molar-refractivity contribution in [3.8, 4) is 0 Å². The molecule has 0 aromatic carbocycles. The van der Waals surface area contributed by atoms with Gasteiger partial charge in [-0.25, -0.2) is 9.78 Å². The molecule has 2 amide bonds. The lowest BCUT2D eigenvalue weighted by molar-refractivity contribution is 0.217. The summed E-state index contributed by atoms with van der Waals surface area (Å²) in [5.74, 6) is 0.277. The van der Waals surface area contributed by atoms with Crippen molar-refractivity contribution in [1.29, 1.82) is 0 Å². The van der Waals surface area contributed by atoms with Gasteiger partial charge >= 0.3 is 6.03 Å². The summed E-state index contributed by atoms with van der Waals surface area (Å²) in [6.45, 7) is 2.68. The van der Waals surface area contributed by atoms with Gasteiger partial charge in [-0.05, 0) is 0 Å². The molecule has 0 aliphatic rings. The number of thiazole rings is 1. The molecule has 1 rings (SSSR count). The number of amides is 2. The predicted octanol–water partition coefficient (Wildman–Crippen LogP) is 1.52. The first kappa shape index (κ1) is 11.0. The van der Waals surface area contributed by atoms with E-state index in [1.807, 2.05) is 5.38 Å². The van der Waals surface area contributed by atoms with Crippen molar-refractivity contribution >= 4 is 17.4 Å². The van der Waals surface area contributed by atoms with Gasteiger partial charge in [-0.1, -0.05) is 6.92 Å². The van der Waals surface area contributed by atoms with Crippen molar-refractivity contribution < 1.29 is 4.79 Å². The number of hydrogen-bond acceptors (Lipinski definition) is 3. The highest BCUT2D eigenvalue weighted by Gasteiger charge is 2.10. The van der Waals surface area contributed by atoms with Crippen LogP contribution in [0.15, 0.2) is 11.6 Å². The van der Waals surface area contributed by atoms with Gasteiger partial charge in [-0.3, -0.25) is 0 Å². The predicted molar refractivity (Wildman–Crippen MR) is 57.6 cm³/mol. The summed E-state index contributed by atoms with van der Waals surface area (Å²) < 4.78 is 0. The van der Waals surface area contributed by atoms with E-state index in [4.69, 9.17) is 0 Å². The van der Waals surface area contributed by atoms with Gasteiger partial charge in [0.25, 0.3) is 0 Å². The zero-order valence-corrected chi connectivity index (χ0v) is 9.47. The van der Waals surface area contributed by atoms with E-state index in [2.05, 4.69) is 17.2 Å². The minimum atomic E-state index is -0.0617. The Morgan fingerprint density at radius 3 is 2.93 bits per heavy atom. The molecule has 78 valence electrons. The Morgan fingerprint density at radius 2 is 2.43 bits per heavy atom. The molecule has 5 heteroatoms. The summed E-state index contributed by atoms with van der Waals surface area (Å²) >= 11 is 1.62. The van der Waals surface area contributed by atoms with Crippen molar-refractivity contribution in [3.05, 3.63) is 16.6 Å². The monoisotopic (exact) mass is 213 g/mol. The summed E-state index contributed by atoms with van der Waals surface area (Å²) in [6, 6.07) is -0.0617. The molecule has 0 radical (unpaired) electrons. The Bertz CT molecular complexity index is 284. The highest BCUT2D eigenvalue weighted by Crippen LogP contribution is 2.16. The Labute approximate surface area is 88.0 Å². The van der Waals surface area contributed by atoms with Crippen LogP contribution in [0.1, 0.15) is 17.8 Å². The number of carbonyl (C=O) groups is 1. The molecule has 0 bridgehead atoms. The minimum absolute atomic E-state index is 0.0617. The van der Waals surface area contributed by atoms with Gasteiger partial charge in [-0.2, -0.15) is 0 Å². The van der Waals surface area contributed by atoms with E-state index < -0.39 is 0 Å². The second kappa shape index (κ2) is 4.95. The van der Waals surface area contributed by atoms with E-state index in [-0.39, 0.29) is 11.9 Å². The van der Waals surface area contributed by atoms with Crippen molar-refractivity contribution in [2.24, 2.45) is 0 Å². The fourth-order valence-electron chi connectivity index (χ4n) is 0.964. The Kier molecular flexibility index (Phi) is 3.88. The highest BCUT2D eigenvalue weighted by molar-refractivity contribution is 7.09. The topological polar surface area (TPSA) is 45.2 Å². The zero-order valence-electron chi connectivity index (χ0n) is 8.65. The molecule has 0 spiro atoms. The largest absolute Gasteiger partial charge is 0.337 e. The SMILES string of the molecule is CC(CNC(=O)N(C)C)c1nccs1. The first-order valence-electron chi connectivity index (χ1n) is 4.45. The van der Waals surface area contributed by atoms with E-state index in [1.165, 1.54) is 4.90 Å². The summed E-state index contributed by atoms with van der Waals surface area (Å²) in [4.78, 5) is 16.9. The highest BCUT2D eigenvalue weighted by atomic mass is 32.1. The summed E-state index contributed by atoms with van der Waals surface area (Å²) in [6.07, 6.45) is 1.78. The molecule has 1 N–H and O–H groups in total. The molecule has 0 aliphatic heterocycles. The Hall–Kier alpha value is -1.10. The molecule has 1 aromatic heterocycles. The van der Waals surface area contributed by atoms with Gasteiger partial charge in [0.2, 0.25) is 0 Å². The van der Waals surface area contributed by atoms with Crippen molar-refractivity contribution in [1.82, 2.24) is 15.2 Å². The lowest BCUT2D eigenvalue weighted by atomic mass is 10.2. The average Bonchev–Trinajstić information content (AvgIpc) is 2.66. The number of hydrogen-bond donors (Lipinski definition) is 1. The minimum Gasteiger partial charge on any atom is -0.337 e. The fourth-order valence-corrected chi connectivity index (χ4v) is 1.66. The van der Waals surface area contributed by atoms with Crippen LogP contribution in [0.2, 0.25) is 0 Å². The van der Waals surface area contributed by atoms with Crippen LogP contribution < -0.4 is 5.32 Å². The van der Waals surface area contributed by atoms with Crippen LogP contribution >= 0.6 is 11.3 Å². The van der Waals surface area contributed by atoms with Crippen LogP contribution in [0, 0.1) is 0 Å². The fraction of sp³-hybridized carbons (Fsp3) is 0.556. The molecule has 0 fully saturated rings. The molecule has 0 saturated carbocycles. The summed E-state index contributed by atoms with van der Waals surface area (Å²) in [5.41, 5.74) is 0. The number of carbonyl (C=O) groups excluding carboxylic acids is 1. The van der Waals surface area contributed by atoms with Crippen LogP contribution in [-0.2, 0) is 0 Å². The normalized spacial score (nSPS) is 12.2. The number of rotatable bonds is 3. The molecule has 1 aromatic rings. The van der Waals surface area contributed by atoms with Crippen LogP contribution in [-0.4, -0.2) is 36.6 Å². The van der Waals surface area contributed by atoms with E-state index >= 15 is 0 Å². The first-order chi connectivity index (χ1) is 6.61. The van der Waals surface area contributed by atoms with E-state index in [1.54, 1.807) is 31.6 Å². The van der Waals surface area contributed by atoms with Crippen LogP contribution in [0.3, 0.4) is 0 Å². The van der Waals surface area contributed by atoms with Crippen LogP contribution in [0.4, 0.5) is 4.79 Å². The van der Waals surface area contributed by atoms with Crippen molar-refractivity contribution in [3.63, 3.8) is 0 Å². The number of aromatic nitrogens is 1. The maximum Gasteiger partial charge on any atom is 0.316 e. The molecule has 1 unspecified atom stereocenters. The van der Waals surface area contributed by atoms with Crippen LogP contribution in [0.5, 0.6) is 0 Å². The molecular weight excluding hydrogens is 198 g/mol. The third-order valence-electron chi connectivity index (χ3n) is 1.84. The standard InChI is InChI=1S/C9H15N3OS/c1-7(8-10-4-5-14-8)6-11-9(13)12(2)3/h4-5,7H,6H2,1-3H3,(H,11,13). The van der Waals surface area contributed by atoms with Crippen LogP contribution in [0.25, 0.3) is 0 Å². The van der Waals surface area contributed by atoms with Gasteiger partial charge in [0.05, 0.1) is 5.01 Å². The Balaban J connectivity index is 2.36. The summed E-state index contributed by atoms with van der Waals surface area (Å²) in [5, 5.41) is 5.83. The molecule has 1 atom stereocenters. The van der Waals surface area contributed by atoms with Crippen molar-refractivity contribution in [2.45, 2.75) is 12.8 Å². The van der Waals surface area contributed by atoms with E-state index in [0.29, 0.717) is 6.54 Å². The quantitative estimate of drug-likeness (QED) is 0.827. The maximum absolute atomic E-state index is 11.2. The third kappa shape index (κ3) is 2.99. The van der Waals surface area contributed by atoms with Gasteiger partial charge in [0, 0.05) is 38.1 Å². The molecule has 0 saturated heterocycles. The van der Waals surface area contributed by atoms with E-state index in [9.17, 15) is 4.79 Å². The first-order valence-corrected chi connectivity index (χ1v) is 5.33. The molecular formula is C9H15N3OS. The third-order valence-corrected chi connectivity index (χ3v) is 2.85. The lowest BCUT2D eigenvalue weighted by Crippen LogP contribution is -2.36. The van der Waals surface area contributed by atoms with Gasteiger partial charge in [0.1, 0.15) is 0 Å². The van der Waals surface area contributed by atoms with Gasteiger partial charge in [0.15, 0.2) is 0 Å². The summed E-state index contributed by atoms with van der Waals surface area (Å²) in [7, 11) is 3.45. The zero-order chi connectivity index (χ0) is 10.6. The molecule has 14 heavy (non-hydrogen) atoms. The maximum atomic E-state index is 11.2. The molecule has 0 aliphatic carbocycles. The lowest BCUT2D eigenvalue weighted by Gasteiger charge is -2.14. The number of nitrogens with zero attached hydrogens (tertiary/aromatic N) is 2. The average molecular weight is 213 g/mol. The van der Waals surface area contributed by atoms with E-state index in [0.717, 1.165) is 5.01 Å². The number of urea groups is 1. The smallest absolute Gasteiger partial charge is 0.316 e. The Morgan fingerprint density at radius 1 is 1.71 bits per heavy atom. The second-order valence-electron chi connectivity index (χ2n) is 3.35. The van der Waals surface area contributed by atoms with Gasteiger partial charge in [-0.15, -0.1) is 11.3 Å². The molecule has 4 nitrogen and oxygen atoms in total.